The zero-order valence-electron chi connectivity index (χ0n) is 25.3. The molecule has 2 N–H and O–H groups in total. The Morgan fingerprint density at radius 1 is 1.02 bits per heavy atom. The van der Waals surface area contributed by atoms with Crippen molar-refractivity contribution in [1.29, 1.82) is 0 Å². The molecule has 0 spiro atoms. The summed E-state index contributed by atoms with van der Waals surface area (Å²) < 4.78 is 49.2. The van der Waals surface area contributed by atoms with Crippen molar-refractivity contribution in [1.82, 2.24) is 5.32 Å². The molecule has 2 aromatic rings. The number of ketones is 3. The Labute approximate surface area is 271 Å². The molecule has 0 bridgehead atoms. The quantitative estimate of drug-likeness (QED) is 0.199. The molecule has 2 fully saturated rings. The molecule has 3 atom stereocenters. The van der Waals surface area contributed by atoms with Gasteiger partial charge < -0.3 is 14.7 Å². The number of ether oxygens (including phenoxy) is 1. The molecule has 1 aliphatic carbocycles. The van der Waals surface area contributed by atoms with Crippen molar-refractivity contribution in [3.05, 3.63) is 57.6 Å². The maximum Gasteiger partial charge on any atom is 0.407 e. The van der Waals surface area contributed by atoms with Gasteiger partial charge in [-0.2, -0.15) is 13.2 Å². The molecule has 0 aromatic heterocycles. The van der Waals surface area contributed by atoms with Crippen LogP contribution in [0.5, 0.6) is 5.75 Å². The Hall–Kier alpha value is -2.66. The lowest BCUT2D eigenvalue weighted by atomic mass is 9.85. The number of hydrogen-bond acceptors (Lipinski definition) is 7. The lowest BCUT2D eigenvalue weighted by molar-refractivity contribution is -0.160. The standard InChI is InChI=1S/C33H39Cl2F3N2O5/c1-19(2)13-29(42)30(43)23(14-20-3-4-20)18-28(41)27(17-21-15-25(34)31(44)26(35)16-21)39-32(33(36,37)38)22-5-7-24(8-6-22)40-9-11-45-12-10-40/h5-8,15-16,19-20,23,27,32,39,44H,3-4,9-14,17-18H2,1-2H3/t23-,27+,32+/m1/s1. The smallest absolute Gasteiger partial charge is 0.407 e. The van der Waals surface area contributed by atoms with Gasteiger partial charge in [0, 0.05) is 37.5 Å². The highest BCUT2D eigenvalue weighted by Crippen LogP contribution is 2.39. The van der Waals surface area contributed by atoms with Crippen molar-refractivity contribution >= 4 is 46.2 Å². The van der Waals surface area contributed by atoms with Gasteiger partial charge in [0.25, 0.3) is 0 Å². The number of nitrogens with zero attached hydrogens (tertiary/aromatic N) is 1. The first-order valence-corrected chi connectivity index (χ1v) is 16.0. The average molecular weight is 672 g/mol. The number of halogens is 5. The second kappa shape index (κ2) is 15.3. The Morgan fingerprint density at radius 2 is 1.62 bits per heavy atom. The molecule has 246 valence electrons. The predicted molar refractivity (Wildman–Crippen MR) is 167 cm³/mol. The molecule has 7 nitrogen and oxygen atoms in total. The van der Waals surface area contributed by atoms with Crippen molar-refractivity contribution in [2.45, 2.75) is 70.6 Å². The van der Waals surface area contributed by atoms with Crippen LogP contribution in [-0.4, -0.2) is 61.0 Å². The molecule has 0 unspecified atom stereocenters. The Balaban J connectivity index is 1.63. The minimum Gasteiger partial charge on any atom is -0.505 e. The first-order chi connectivity index (χ1) is 21.2. The number of phenolic OH excluding ortho intramolecular Hbond substituents is 1. The van der Waals surface area contributed by atoms with Gasteiger partial charge in [-0.3, -0.25) is 19.7 Å². The van der Waals surface area contributed by atoms with Gasteiger partial charge in [0.1, 0.15) is 6.04 Å². The number of anilines is 1. The summed E-state index contributed by atoms with van der Waals surface area (Å²) in [5.41, 5.74) is 0.992. The molecule has 1 saturated heterocycles. The molecular formula is C33H39Cl2F3N2O5. The molecule has 45 heavy (non-hydrogen) atoms. The Morgan fingerprint density at radius 3 is 2.16 bits per heavy atom. The summed E-state index contributed by atoms with van der Waals surface area (Å²) in [5.74, 6) is -3.00. The van der Waals surface area contributed by atoms with Crippen molar-refractivity contribution in [3.8, 4) is 5.75 Å². The van der Waals surface area contributed by atoms with E-state index in [0.29, 0.717) is 38.3 Å². The van der Waals surface area contributed by atoms with E-state index in [2.05, 4.69) is 5.32 Å². The van der Waals surface area contributed by atoms with Crippen molar-refractivity contribution in [2.75, 3.05) is 31.2 Å². The number of alkyl halides is 3. The van der Waals surface area contributed by atoms with E-state index in [1.807, 2.05) is 18.7 Å². The molecule has 2 aromatic carbocycles. The van der Waals surface area contributed by atoms with E-state index in [4.69, 9.17) is 27.9 Å². The molecule has 1 saturated carbocycles. The van der Waals surface area contributed by atoms with E-state index in [1.165, 1.54) is 24.3 Å². The second-order valence-corrected chi connectivity index (χ2v) is 13.2. The van der Waals surface area contributed by atoms with Crippen LogP contribution in [-0.2, 0) is 25.5 Å². The van der Waals surface area contributed by atoms with Gasteiger partial charge in [-0.1, -0.05) is 62.0 Å². The van der Waals surface area contributed by atoms with Crippen LogP contribution in [0, 0.1) is 17.8 Å². The monoisotopic (exact) mass is 670 g/mol. The number of hydrogen-bond donors (Lipinski definition) is 2. The number of aromatic hydroxyl groups is 1. The maximum atomic E-state index is 14.6. The third kappa shape index (κ3) is 9.91. The second-order valence-electron chi connectivity index (χ2n) is 12.4. The summed E-state index contributed by atoms with van der Waals surface area (Å²) in [7, 11) is 0. The van der Waals surface area contributed by atoms with Gasteiger partial charge in [-0.15, -0.1) is 0 Å². The summed E-state index contributed by atoms with van der Waals surface area (Å²) in [6, 6.07) is 5.04. The SMILES string of the molecule is CC(C)CC(=O)C(=O)[C@@H](CC(=O)[C@H](Cc1cc(Cl)c(O)c(Cl)c1)N[C@@H](c1ccc(N2CCOCC2)cc1)C(F)(F)F)CC1CC1. The Kier molecular flexibility index (Phi) is 12.0. The summed E-state index contributed by atoms with van der Waals surface area (Å²) in [4.78, 5) is 41.8. The number of carbonyl (C=O) groups excluding carboxylic acids is 3. The van der Waals surface area contributed by atoms with Gasteiger partial charge in [0.2, 0.25) is 5.78 Å². The van der Waals surface area contributed by atoms with Crippen LogP contribution in [0.25, 0.3) is 0 Å². The molecule has 0 radical (unpaired) electrons. The lowest BCUT2D eigenvalue weighted by Crippen LogP contribution is -2.47. The van der Waals surface area contributed by atoms with E-state index >= 15 is 0 Å². The van der Waals surface area contributed by atoms with Crippen LogP contribution in [0.2, 0.25) is 10.0 Å². The third-order valence-corrected chi connectivity index (χ3v) is 8.78. The molecular weight excluding hydrogens is 632 g/mol. The summed E-state index contributed by atoms with van der Waals surface area (Å²) in [6.45, 7) is 5.91. The van der Waals surface area contributed by atoms with Crippen molar-refractivity contribution in [2.24, 2.45) is 17.8 Å². The van der Waals surface area contributed by atoms with Crippen molar-refractivity contribution in [3.63, 3.8) is 0 Å². The van der Waals surface area contributed by atoms with E-state index in [-0.39, 0.29) is 52.5 Å². The summed E-state index contributed by atoms with van der Waals surface area (Å²) in [5, 5.41) is 12.3. The highest BCUT2D eigenvalue weighted by atomic mass is 35.5. The van der Waals surface area contributed by atoms with Crippen molar-refractivity contribution < 1.29 is 37.4 Å². The number of morpholine rings is 1. The van der Waals surface area contributed by atoms with Crippen LogP contribution < -0.4 is 10.2 Å². The molecule has 12 heteroatoms. The molecule has 4 rings (SSSR count). The van der Waals surface area contributed by atoms with Gasteiger partial charge >= 0.3 is 6.18 Å². The van der Waals surface area contributed by atoms with E-state index < -0.39 is 41.5 Å². The summed E-state index contributed by atoms with van der Waals surface area (Å²) in [6.07, 6.45) is -3.28. The zero-order chi connectivity index (χ0) is 32.9. The fourth-order valence-electron chi connectivity index (χ4n) is 5.64. The Bertz CT molecular complexity index is 1340. The number of rotatable bonds is 15. The first kappa shape index (κ1) is 35.2. The average Bonchev–Trinajstić information content (AvgIpc) is 3.81. The summed E-state index contributed by atoms with van der Waals surface area (Å²) >= 11 is 12.2. The fourth-order valence-corrected chi connectivity index (χ4v) is 6.17. The van der Waals surface area contributed by atoms with Crippen LogP contribution in [0.1, 0.15) is 63.1 Å². The van der Waals surface area contributed by atoms with E-state index in [1.54, 1.807) is 12.1 Å². The highest BCUT2D eigenvalue weighted by Gasteiger charge is 2.43. The van der Waals surface area contributed by atoms with Gasteiger partial charge in [0.15, 0.2) is 17.3 Å². The largest absolute Gasteiger partial charge is 0.505 e. The first-order valence-electron chi connectivity index (χ1n) is 15.2. The minimum absolute atomic E-state index is 0.0387. The third-order valence-electron chi connectivity index (χ3n) is 8.20. The number of benzene rings is 2. The van der Waals surface area contributed by atoms with Crippen LogP contribution in [0.15, 0.2) is 36.4 Å². The number of Topliss-reactive ketones (excluding diaryl/α,β-unsaturated/α-hetero) is 3. The van der Waals surface area contributed by atoms with Crippen LogP contribution in [0.4, 0.5) is 18.9 Å². The molecule has 1 heterocycles. The van der Waals surface area contributed by atoms with Gasteiger partial charge in [-0.05, 0) is 60.1 Å². The van der Waals surface area contributed by atoms with Crippen LogP contribution in [0.3, 0.4) is 0 Å². The zero-order valence-corrected chi connectivity index (χ0v) is 26.9. The van der Waals surface area contributed by atoms with E-state index in [9.17, 15) is 32.7 Å². The van der Waals surface area contributed by atoms with E-state index in [0.717, 1.165) is 18.5 Å². The normalized spacial score (nSPS) is 17.6. The van der Waals surface area contributed by atoms with Crippen LogP contribution >= 0.6 is 23.2 Å². The van der Waals surface area contributed by atoms with Gasteiger partial charge in [-0.25, -0.2) is 0 Å². The number of nitrogens with one attached hydrogen (secondary N) is 1. The topological polar surface area (TPSA) is 95.9 Å². The maximum absolute atomic E-state index is 14.6. The number of phenols is 1. The lowest BCUT2D eigenvalue weighted by Gasteiger charge is -2.30. The minimum atomic E-state index is -4.78. The van der Waals surface area contributed by atoms with Gasteiger partial charge in [0.05, 0.1) is 29.3 Å². The predicted octanol–water partition coefficient (Wildman–Crippen LogP) is 6.90. The fraction of sp³-hybridized carbons (Fsp3) is 0.545. The molecule has 1 aliphatic heterocycles. The molecule has 2 aliphatic rings. The molecule has 0 amide bonds. The highest BCUT2D eigenvalue weighted by molar-refractivity contribution is 6.38. The number of carbonyl (C=O) groups is 3.